The summed E-state index contributed by atoms with van der Waals surface area (Å²) in [6.07, 6.45) is 5.06. The number of nitrogens with one attached hydrogen (secondary N) is 2. The monoisotopic (exact) mass is 326 g/mol. The van der Waals surface area contributed by atoms with Crippen LogP contribution in [0.2, 0.25) is 0 Å². The molecule has 1 aliphatic heterocycles. The van der Waals surface area contributed by atoms with Crippen molar-refractivity contribution in [1.29, 1.82) is 0 Å². The quantitative estimate of drug-likeness (QED) is 0.877. The van der Waals surface area contributed by atoms with Crippen molar-refractivity contribution in [1.82, 2.24) is 9.97 Å². The Morgan fingerprint density at radius 1 is 1.08 bits per heavy atom. The van der Waals surface area contributed by atoms with Crippen LogP contribution < -0.4 is 20.1 Å². The van der Waals surface area contributed by atoms with Crippen molar-refractivity contribution in [3.05, 3.63) is 35.5 Å². The van der Waals surface area contributed by atoms with Crippen LogP contribution in [0.5, 0.6) is 11.5 Å². The fourth-order valence-electron chi connectivity index (χ4n) is 3.23. The number of aromatic nitrogens is 2. The summed E-state index contributed by atoms with van der Waals surface area (Å²) < 4.78 is 10.7. The molecular weight excluding hydrogens is 304 g/mol. The molecule has 1 aromatic carbocycles. The zero-order valence-corrected chi connectivity index (χ0v) is 13.8. The van der Waals surface area contributed by atoms with Gasteiger partial charge in [0.15, 0.2) is 11.5 Å². The van der Waals surface area contributed by atoms with E-state index in [-0.39, 0.29) is 0 Å². The highest BCUT2D eigenvalue weighted by Crippen LogP contribution is 2.32. The Kier molecular flexibility index (Phi) is 4.11. The van der Waals surface area contributed by atoms with Gasteiger partial charge in [0, 0.05) is 24.3 Å². The molecule has 6 nitrogen and oxygen atoms in total. The lowest BCUT2D eigenvalue weighted by atomic mass is 10.2. The van der Waals surface area contributed by atoms with Crippen molar-refractivity contribution in [3.63, 3.8) is 0 Å². The van der Waals surface area contributed by atoms with E-state index in [0.717, 1.165) is 28.6 Å². The first-order chi connectivity index (χ1) is 11.8. The summed E-state index contributed by atoms with van der Waals surface area (Å²) in [6, 6.07) is 8.49. The van der Waals surface area contributed by atoms with Crippen LogP contribution in [-0.4, -0.2) is 22.8 Å². The summed E-state index contributed by atoms with van der Waals surface area (Å²) in [4.78, 5) is 9.07. The van der Waals surface area contributed by atoms with Gasteiger partial charge in [0.2, 0.25) is 12.7 Å². The Morgan fingerprint density at radius 2 is 1.92 bits per heavy atom. The molecule has 0 saturated heterocycles. The van der Waals surface area contributed by atoms with E-state index in [9.17, 15) is 0 Å². The molecule has 1 aromatic heterocycles. The van der Waals surface area contributed by atoms with Gasteiger partial charge in [-0.25, -0.2) is 4.98 Å². The molecule has 0 radical (unpaired) electrons. The number of anilines is 2. The van der Waals surface area contributed by atoms with Crippen LogP contribution in [0.3, 0.4) is 0 Å². The number of aryl methyl sites for hydroxylation is 1. The van der Waals surface area contributed by atoms with Gasteiger partial charge in [0.1, 0.15) is 5.82 Å². The highest BCUT2D eigenvalue weighted by atomic mass is 16.7. The lowest BCUT2D eigenvalue weighted by Crippen LogP contribution is -2.16. The average molecular weight is 326 g/mol. The van der Waals surface area contributed by atoms with E-state index in [1.54, 1.807) is 0 Å². The third kappa shape index (κ3) is 3.37. The lowest BCUT2D eigenvalue weighted by Gasteiger charge is -2.14. The normalized spacial score (nSPS) is 16.4. The molecule has 4 rings (SSSR count). The number of hydrogen-bond acceptors (Lipinski definition) is 6. The van der Waals surface area contributed by atoms with E-state index in [1.165, 1.54) is 25.7 Å². The summed E-state index contributed by atoms with van der Waals surface area (Å²) in [5.74, 6) is 3.15. The standard InChI is InChI=1S/C18H22N4O2/c1-12-8-17(21-14-4-2-3-5-14)22-18(20-12)19-10-13-6-7-15-16(9-13)24-11-23-15/h6-9,14H,2-5,10-11H2,1H3,(H2,19,20,21,22). The summed E-state index contributed by atoms with van der Waals surface area (Å²) in [7, 11) is 0. The Bertz CT molecular complexity index is 729. The van der Waals surface area contributed by atoms with E-state index >= 15 is 0 Å². The Morgan fingerprint density at radius 3 is 2.79 bits per heavy atom. The molecule has 2 aliphatic rings. The average Bonchev–Trinajstić information content (AvgIpc) is 3.23. The third-order valence-electron chi connectivity index (χ3n) is 4.45. The highest BCUT2D eigenvalue weighted by molar-refractivity contribution is 5.46. The maximum absolute atomic E-state index is 5.41. The van der Waals surface area contributed by atoms with Crippen molar-refractivity contribution in [2.45, 2.75) is 45.2 Å². The maximum atomic E-state index is 5.41. The van der Waals surface area contributed by atoms with Gasteiger partial charge in [-0.15, -0.1) is 0 Å². The van der Waals surface area contributed by atoms with Crippen LogP contribution >= 0.6 is 0 Å². The Labute approximate surface area is 141 Å². The van der Waals surface area contributed by atoms with Gasteiger partial charge in [-0.05, 0) is 37.5 Å². The minimum atomic E-state index is 0.295. The second-order valence-corrected chi connectivity index (χ2v) is 6.39. The van der Waals surface area contributed by atoms with E-state index in [2.05, 4.69) is 20.6 Å². The molecule has 0 bridgehead atoms. The van der Waals surface area contributed by atoms with Crippen LogP contribution in [0, 0.1) is 6.92 Å². The summed E-state index contributed by atoms with van der Waals surface area (Å²) in [5, 5.41) is 6.83. The minimum absolute atomic E-state index is 0.295. The molecule has 2 aromatic rings. The fourth-order valence-corrected chi connectivity index (χ4v) is 3.23. The van der Waals surface area contributed by atoms with Gasteiger partial charge in [0.25, 0.3) is 0 Å². The molecule has 2 heterocycles. The van der Waals surface area contributed by atoms with Gasteiger partial charge in [-0.1, -0.05) is 18.9 Å². The smallest absolute Gasteiger partial charge is 0.231 e. The second kappa shape index (κ2) is 6.55. The molecular formula is C18H22N4O2. The van der Waals surface area contributed by atoms with Crippen molar-refractivity contribution in [3.8, 4) is 11.5 Å². The SMILES string of the molecule is Cc1cc(NC2CCCC2)nc(NCc2ccc3c(c2)OCO3)n1. The van der Waals surface area contributed by atoms with E-state index in [4.69, 9.17) is 9.47 Å². The number of fused-ring (bicyclic) bond motifs is 1. The number of benzene rings is 1. The zero-order valence-electron chi connectivity index (χ0n) is 13.8. The molecule has 6 heteroatoms. The second-order valence-electron chi connectivity index (χ2n) is 6.39. The zero-order chi connectivity index (χ0) is 16.4. The number of rotatable bonds is 5. The van der Waals surface area contributed by atoms with Crippen LogP contribution in [0.1, 0.15) is 36.9 Å². The first-order valence-corrected chi connectivity index (χ1v) is 8.51. The predicted molar refractivity (Wildman–Crippen MR) is 92.5 cm³/mol. The van der Waals surface area contributed by atoms with Gasteiger partial charge >= 0.3 is 0 Å². The number of ether oxygens (including phenoxy) is 2. The van der Waals surface area contributed by atoms with Gasteiger partial charge in [-0.3, -0.25) is 0 Å². The van der Waals surface area contributed by atoms with Gasteiger partial charge in [-0.2, -0.15) is 4.98 Å². The van der Waals surface area contributed by atoms with Crippen molar-refractivity contribution >= 4 is 11.8 Å². The van der Waals surface area contributed by atoms with Gasteiger partial charge in [0.05, 0.1) is 0 Å². The predicted octanol–water partition coefficient (Wildman–Crippen LogP) is 3.48. The first-order valence-electron chi connectivity index (χ1n) is 8.51. The summed E-state index contributed by atoms with van der Waals surface area (Å²) in [5.41, 5.74) is 2.06. The van der Waals surface area contributed by atoms with Crippen LogP contribution in [0.4, 0.5) is 11.8 Å². The van der Waals surface area contributed by atoms with Crippen LogP contribution in [0.25, 0.3) is 0 Å². The van der Waals surface area contributed by atoms with Gasteiger partial charge < -0.3 is 20.1 Å². The van der Waals surface area contributed by atoms with Crippen LogP contribution in [0.15, 0.2) is 24.3 Å². The molecule has 0 atom stereocenters. The summed E-state index contributed by atoms with van der Waals surface area (Å²) in [6.45, 7) is 2.93. The molecule has 0 spiro atoms. The van der Waals surface area contributed by atoms with Crippen molar-refractivity contribution in [2.75, 3.05) is 17.4 Å². The summed E-state index contributed by atoms with van der Waals surface area (Å²) >= 11 is 0. The Hall–Kier alpha value is -2.50. The topological polar surface area (TPSA) is 68.3 Å². The molecule has 126 valence electrons. The van der Waals surface area contributed by atoms with E-state index in [1.807, 2.05) is 31.2 Å². The molecule has 1 saturated carbocycles. The van der Waals surface area contributed by atoms with Crippen molar-refractivity contribution < 1.29 is 9.47 Å². The molecule has 1 fully saturated rings. The number of nitrogens with zero attached hydrogens (tertiary/aromatic N) is 2. The van der Waals surface area contributed by atoms with E-state index in [0.29, 0.717) is 25.3 Å². The first kappa shape index (κ1) is 15.1. The third-order valence-corrected chi connectivity index (χ3v) is 4.45. The molecule has 0 amide bonds. The maximum Gasteiger partial charge on any atom is 0.231 e. The Balaban J connectivity index is 1.43. The highest BCUT2D eigenvalue weighted by Gasteiger charge is 2.16. The minimum Gasteiger partial charge on any atom is -0.454 e. The molecule has 2 N–H and O–H groups in total. The fraction of sp³-hybridized carbons (Fsp3) is 0.444. The number of hydrogen-bond donors (Lipinski definition) is 2. The molecule has 0 unspecified atom stereocenters. The molecule has 1 aliphatic carbocycles. The lowest BCUT2D eigenvalue weighted by molar-refractivity contribution is 0.174. The largest absolute Gasteiger partial charge is 0.454 e. The van der Waals surface area contributed by atoms with Crippen LogP contribution in [-0.2, 0) is 6.54 Å². The van der Waals surface area contributed by atoms with E-state index < -0.39 is 0 Å². The van der Waals surface area contributed by atoms with Crippen molar-refractivity contribution in [2.24, 2.45) is 0 Å². The molecule has 24 heavy (non-hydrogen) atoms.